The van der Waals surface area contributed by atoms with E-state index in [9.17, 15) is 10.1 Å². The summed E-state index contributed by atoms with van der Waals surface area (Å²) in [4.78, 5) is 10.3. The third-order valence-electron chi connectivity index (χ3n) is 3.37. The second-order valence-corrected chi connectivity index (χ2v) is 5.88. The van der Waals surface area contributed by atoms with Gasteiger partial charge in [-0.15, -0.1) is 0 Å². The number of non-ortho nitro benzene ring substituents is 1. The van der Waals surface area contributed by atoms with Gasteiger partial charge >= 0.3 is 0 Å². The molecule has 0 aliphatic carbocycles. The fourth-order valence-corrected chi connectivity index (χ4v) is 2.63. The van der Waals surface area contributed by atoms with Crippen molar-refractivity contribution in [2.45, 2.75) is 6.92 Å². The number of hydrogen-bond donors (Lipinski definition) is 0. The molecule has 4 nitrogen and oxygen atoms in total. The molecule has 3 aromatic carbocycles. The molecule has 22 heavy (non-hydrogen) atoms. The van der Waals surface area contributed by atoms with Gasteiger partial charge in [0.2, 0.25) is 0 Å². The van der Waals surface area contributed by atoms with Crippen LogP contribution in [0, 0.1) is 17.0 Å². The van der Waals surface area contributed by atoms with Crippen LogP contribution in [-0.4, -0.2) is 4.92 Å². The number of aryl methyl sites for hydroxylation is 1. The van der Waals surface area contributed by atoms with Gasteiger partial charge in [-0.25, -0.2) is 0 Å². The predicted octanol–water partition coefficient (Wildman–Crippen LogP) is 5.61. The molecule has 0 amide bonds. The van der Waals surface area contributed by atoms with Crippen molar-refractivity contribution in [3.05, 3.63) is 74.7 Å². The molecule has 0 N–H and O–H groups in total. The van der Waals surface area contributed by atoms with Crippen LogP contribution >= 0.6 is 15.9 Å². The van der Waals surface area contributed by atoms with Gasteiger partial charge in [0.1, 0.15) is 11.5 Å². The standard InChI is InChI=1S/C17H12BrNO3/c1-11-8-15(19(20)21)5-7-17(11)22-16-6-3-12-9-14(18)4-2-13(12)10-16/h2-10H,1H3. The van der Waals surface area contributed by atoms with E-state index in [0.717, 1.165) is 20.8 Å². The average molecular weight is 358 g/mol. The molecule has 0 saturated carbocycles. The van der Waals surface area contributed by atoms with Gasteiger partial charge < -0.3 is 4.74 Å². The van der Waals surface area contributed by atoms with Gasteiger partial charge in [0.05, 0.1) is 4.92 Å². The maximum atomic E-state index is 10.8. The van der Waals surface area contributed by atoms with Crippen LogP contribution in [0.5, 0.6) is 11.5 Å². The van der Waals surface area contributed by atoms with E-state index in [0.29, 0.717) is 11.5 Å². The molecule has 0 radical (unpaired) electrons. The van der Waals surface area contributed by atoms with Crippen molar-refractivity contribution in [2.24, 2.45) is 0 Å². The number of halogens is 1. The molecule has 0 unspecified atom stereocenters. The SMILES string of the molecule is Cc1cc([N+](=O)[O-])ccc1Oc1ccc2cc(Br)ccc2c1. The lowest BCUT2D eigenvalue weighted by molar-refractivity contribution is -0.384. The zero-order chi connectivity index (χ0) is 15.7. The second kappa shape index (κ2) is 5.77. The number of fused-ring (bicyclic) bond motifs is 1. The summed E-state index contributed by atoms with van der Waals surface area (Å²) in [5.74, 6) is 1.31. The van der Waals surface area contributed by atoms with Gasteiger partial charge in [0.25, 0.3) is 5.69 Å². The zero-order valence-electron chi connectivity index (χ0n) is 11.7. The maximum absolute atomic E-state index is 10.8. The van der Waals surface area contributed by atoms with Crippen molar-refractivity contribution in [3.63, 3.8) is 0 Å². The normalized spacial score (nSPS) is 10.6. The van der Waals surface area contributed by atoms with Crippen LogP contribution < -0.4 is 4.74 Å². The Balaban J connectivity index is 1.93. The molecule has 0 aliphatic heterocycles. The number of rotatable bonds is 3. The van der Waals surface area contributed by atoms with Gasteiger partial charge in [-0.3, -0.25) is 10.1 Å². The average Bonchev–Trinajstić information content (AvgIpc) is 2.49. The minimum atomic E-state index is -0.412. The van der Waals surface area contributed by atoms with Crippen LogP contribution in [0.25, 0.3) is 10.8 Å². The Hall–Kier alpha value is -2.40. The van der Waals surface area contributed by atoms with Crippen molar-refractivity contribution in [3.8, 4) is 11.5 Å². The van der Waals surface area contributed by atoms with Crippen molar-refractivity contribution in [2.75, 3.05) is 0 Å². The van der Waals surface area contributed by atoms with Gasteiger partial charge in [0.15, 0.2) is 0 Å². The molecule has 0 aromatic heterocycles. The smallest absolute Gasteiger partial charge is 0.269 e. The Morgan fingerprint density at radius 3 is 2.45 bits per heavy atom. The minimum absolute atomic E-state index is 0.0632. The van der Waals surface area contributed by atoms with Gasteiger partial charge in [-0.1, -0.05) is 28.1 Å². The highest BCUT2D eigenvalue weighted by Gasteiger charge is 2.09. The molecule has 110 valence electrons. The first kappa shape index (κ1) is 14.5. The van der Waals surface area contributed by atoms with Gasteiger partial charge in [-0.2, -0.15) is 0 Å². The maximum Gasteiger partial charge on any atom is 0.269 e. The first-order chi connectivity index (χ1) is 10.5. The summed E-state index contributed by atoms with van der Waals surface area (Å²) in [5, 5.41) is 12.9. The van der Waals surface area contributed by atoms with Crippen LogP contribution in [0.3, 0.4) is 0 Å². The minimum Gasteiger partial charge on any atom is -0.457 e. The highest BCUT2D eigenvalue weighted by Crippen LogP contribution is 2.30. The topological polar surface area (TPSA) is 52.4 Å². The summed E-state index contributed by atoms with van der Waals surface area (Å²) >= 11 is 3.45. The fourth-order valence-electron chi connectivity index (χ4n) is 2.25. The fraction of sp³-hybridized carbons (Fsp3) is 0.0588. The van der Waals surface area contributed by atoms with E-state index in [1.807, 2.05) is 36.4 Å². The summed E-state index contributed by atoms with van der Waals surface area (Å²) in [7, 11) is 0. The number of benzene rings is 3. The lowest BCUT2D eigenvalue weighted by Crippen LogP contribution is -1.91. The molecule has 0 atom stereocenters. The molecule has 3 aromatic rings. The van der Waals surface area contributed by atoms with E-state index in [1.54, 1.807) is 13.0 Å². The lowest BCUT2D eigenvalue weighted by atomic mass is 10.1. The number of hydrogen-bond acceptors (Lipinski definition) is 3. The summed E-state index contributed by atoms with van der Waals surface area (Å²) in [6.07, 6.45) is 0. The monoisotopic (exact) mass is 357 g/mol. The number of ether oxygens (including phenoxy) is 1. The van der Waals surface area contributed by atoms with E-state index in [-0.39, 0.29) is 5.69 Å². The highest BCUT2D eigenvalue weighted by molar-refractivity contribution is 9.10. The van der Waals surface area contributed by atoms with Crippen LogP contribution in [0.4, 0.5) is 5.69 Å². The van der Waals surface area contributed by atoms with E-state index < -0.39 is 4.92 Å². The van der Waals surface area contributed by atoms with Gasteiger partial charge in [-0.05, 0) is 53.6 Å². The van der Waals surface area contributed by atoms with Crippen LogP contribution in [0.1, 0.15) is 5.56 Å². The summed E-state index contributed by atoms with van der Waals surface area (Å²) in [6.45, 7) is 1.79. The predicted molar refractivity (Wildman–Crippen MR) is 89.6 cm³/mol. The Morgan fingerprint density at radius 1 is 1.00 bits per heavy atom. The Labute approximate surface area is 135 Å². The van der Waals surface area contributed by atoms with E-state index in [2.05, 4.69) is 15.9 Å². The van der Waals surface area contributed by atoms with E-state index in [4.69, 9.17) is 4.74 Å². The first-order valence-corrected chi connectivity index (χ1v) is 7.44. The van der Waals surface area contributed by atoms with Crippen LogP contribution in [-0.2, 0) is 0 Å². The second-order valence-electron chi connectivity index (χ2n) is 4.96. The third-order valence-corrected chi connectivity index (χ3v) is 3.86. The number of nitrogens with zero attached hydrogens (tertiary/aromatic N) is 1. The lowest BCUT2D eigenvalue weighted by Gasteiger charge is -2.09. The van der Waals surface area contributed by atoms with E-state index >= 15 is 0 Å². The van der Waals surface area contributed by atoms with Gasteiger partial charge in [0, 0.05) is 16.6 Å². The number of nitro groups is 1. The van der Waals surface area contributed by atoms with Crippen LogP contribution in [0.15, 0.2) is 59.1 Å². The van der Waals surface area contributed by atoms with Crippen molar-refractivity contribution in [1.29, 1.82) is 0 Å². The molecule has 0 aliphatic rings. The van der Waals surface area contributed by atoms with E-state index in [1.165, 1.54) is 12.1 Å². The van der Waals surface area contributed by atoms with Crippen molar-refractivity contribution in [1.82, 2.24) is 0 Å². The third kappa shape index (κ3) is 2.94. The molecular weight excluding hydrogens is 346 g/mol. The molecule has 0 heterocycles. The van der Waals surface area contributed by atoms with Crippen molar-refractivity contribution >= 4 is 32.4 Å². The molecule has 5 heteroatoms. The molecule has 0 spiro atoms. The Morgan fingerprint density at radius 2 is 1.73 bits per heavy atom. The molecular formula is C17H12BrNO3. The molecule has 0 bridgehead atoms. The molecule has 3 rings (SSSR count). The Bertz CT molecular complexity index is 877. The summed E-state index contributed by atoms with van der Waals surface area (Å²) in [6, 6.07) is 16.4. The largest absolute Gasteiger partial charge is 0.457 e. The molecule has 0 saturated heterocycles. The van der Waals surface area contributed by atoms with Crippen molar-refractivity contribution < 1.29 is 9.66 Å². The summed E-state index contributed by atoms with van der Waals surface area (Å²) < 4.78 is 6.88. The quantitative estimate of drug-likeness (QED) is 0.452. The van der Waals surface area contributed by atoms with Crippen LogP contribution in [0.2, 0.25) is 0 Å². The number of nitro benzene ring substituents is 1. The summed E-state index contributed by atoms with van der Waals surface area (Å²) in [5.41, 5.74) is 0.790. The first-order valence-electron chi connectivity index (χ1n) is 6.65. The highest BCUT2D eigenvalue weighted by atomic mass is 79.9. The molecule has 0 fully saturated rings. The zero-order valence-corrected chi connectivity index (χ0v) is 13.3. The Kier molecular flexibility index (Phi) is 3.81.